The molecule has 2 heterocycles. The monoisotopic (exact) mass is 384 g/mol. The lowest BCUT2D eigenvalue weighted by atomic mass is 9.41. The van der Waals surface area contributed by atoms with Crippen LogP contribution in [-0.4, -0.2) is 30.5 Å². The molecule has 0 radical (unpaired) electrons. The largest absolute Gasteiger partial charge is 0.469 e. The summed E-state index contributed by atoms with van der Waals surface area (Å²) in [6.45, 7) is 15.5. The minimum atomic E-state index is -0.323. The molecule has 0 saturated carbocycles. The lowest BCUT2D eigenvalue weighted by Crippen LogP contribution is -2.62. The van der Waals surface area contributed by atoms with Gasteiger partial charge in [0.15, 0.2) is 0 Å². The van der Waals surface area contributed by atoms with Crippen molar-refractivity contribution in [2.75, 3.05) is 0 Å². The first kappa shape index (κ1) is 20.4. The van der Waals surface area contributed by atoms with Crippen molar-refractivity contribution >= 4 is 7.12 Å². The van der Waals surface area contributed by atoms with Crippen LogP contribution in [0.3, 0.4) is 0 Å². The zero-order valence-electron chi connectivity index (χ0n) is 18.7. The zero-order valence-corrected chi connectivity index (χ0v) is 18.7. The first-order chi connectivity index (χ1) is 13.1. The molecule has 1 aromatic carbocycles. The van der Waals surface area contributed by atoms with Gasteiger partial charge in [0.2, 0.25) is 0 Å². The van der Waals surface area contributed by atoms with Crippen LogP contribution in [0.1, 0.15) is 78.9 Å². The van der Waals surface area contributed by atoms with Crippen LogP contribution in [-0.2, 0) is 25.8 Å². The summed E-state index contributed by atoms with van der Waals surface area (Å²) in [5.74, 6) is 0.895. The van der Waals surface area contributed by atoms with E-state index in [1.54, 1.807) is 0 Å². The molecule has 1 aromatic rings. The molecule has 0 amide bonds. The van der Waals surface area contributed by atoms with Gasteiger partial charge in [-0.3, -0.25) is 0 Å². The van der Waals surface area contributed by atoms with Gasteiger partial charge in [-0.25, -0.2) is 0 Å². The molecule has 2 saturated heterocycles. The Kier molecular flexibility index (Phi) is 5.00. The molecule has 3 aliphatic rings. The van der Waals surface area contributed by atoms with Gasteiger partial charge in [0.05, 0.1) is 23.4 Å². The van der Waals surface area contributed by atoms with E-state index in [-0.39, 0.29) is 35.8 Å². The van der Waals surface area contributed by atoms with Crippen LogP contribution in [0.15, 0.2) is 24.3 Å². The molecule has 4 heteroatoms. The molecule has 0 unspecified atom stereocenters. The molecule has 0 aromatic heterocycles. The Morgan fingerprint density at radius 3 is 2.32 bits per heavy atom. The van der Waals surface area contributed by atoms with E-state index in [9.17, 15) is 0 Å². The van der Waals surface area contributed by atoms with E-state index < -0.39 is 0 Å². The van der Waals surface area contributed by atoms with Crippen LogP contribution in [0.5, 0.6) is 0 Å². The number of ether oxygens (including phenoxy) is 1. The summed E-state index contributed by atoms with van der Waals surface area (Å²) in [5, 5.41) is -0.145. The molecule has 2 aliphatic heterocycles. The molecule has 1 aliphatic carbocycles. The van der Waals surface area contributed by atoms with Crippen LogP contribution in [0, 0.1) is 11.8 Å². The van der Waals surface area contributed by atoms with E-state index in [0.29, 0.717) is 11.8 Å². The Morgan fingerprint density at radius 2 is 1.71 bits per heavy atom. The second kappa shape index (κ2) is 6.85. The van der Waals surface area contributed by atoms with E-state index >= 15 is 0 Å². The van der Waals surface area contributed by atoms with Gasteiger partial charge in [0.25, 0.3) is 0 Å². The normalized spacial score (nSPS) is 36.3. The van der Waals surface area contributed by atoms with Gasteiger partial charge in [0, 0.05) is 5.31 Å². The maximum absolute atomic E-state index is 6.76. The fraction of sp³-hybridized carbons (Fsp3) is 0.750. The van der Waals surface area contributed by atoms with Gasteiger partial charge >= 0.3 is 7.12 Å². The van der Waals surface area contributed by atoms with Crippen LogP contribution < -0.4 is 0 Å². The highest BCUT2D eigenvalue weighted by Gasteiger charge is 2.66. The average Bonchev–Trinajstić information content (AvgIpc) is 2.88. The highest BCUT2D eigenvalue weighted by molar-refractivity contribution is 6.50. The van der Waals surface area contributed by atoms with Gasteiger partial charge in [-0.1, -0.05) is 45.0 Å². The van der Waals surface area contributed by atoms with Gasteiger partial charge in [-0.05, 0) is 76.3 Å². The van der Waals surface area contributed by atoms with Crippen LogP contribution >= 0.6 is 0 Å². The predicted octanol–water partition coefficient (Wildman–Crippen LogP) is 5.34. The Balaban J connectivity index is 1.89. The molecule has 4 rings (SSSR count). The highest BCUT2D eigenvalue weighted by atomic mass is 16.7. The maximum atomic E-state index is 6.76. The predicted molar refractivity (Wildman–Crippen MR) is 114 cm³/mol. The Morgan fingerprint density at radius 1 is 1.07 bits per heavy atom. The molecule has 3 nitrogen and oxygen atoms in total. The van der Waals surface area contributed by atoms with Crippen LogP contribution in [0.25, 0.3) is 0 Å². The van der Waals surface area contributed by atoms with Crippen molar-refractivity contribution in [2.24, 2.45) is 11.8 Å². The Labute approximate surface area is 171 Å². The maximum Gasteiger partial charge on any atom is 0.469 e. The highest BCUT2D eigenvalue weighted by Crippen LogP contribution is 2.56. The smallest absolute Gasteiger partial charge is 0.403 e. The summed E-state index contributed by atoms with van der Waals surface area (Å²) < 4.78 is 20.2. The third-order valence-electron chi connectivity index (χ3n) is 8.00. The third-order valence-corrected chi connectivity index (χ3v) is 8.00. The van der Waals surface area contributed by atoms with Crippen LogP contribution in [0.2, 0.25) is 0 Å². The number of benzene rings is 1. The molecular weight excluding hydrogens is 347 g/mol. The van der Waals surface area contributed by atoms with Crippen molar-refractivity contribution in [3.63, 3.8) is 0 Å². The number of hydrogen-bond acceptors (Lipinski definition) is 3. The number of rotatable bonds is 3. The number of hydrogen-bond donors (Lipinski definition) is 0. The Bertz CT molecular complexity index is 712. The topological polar surface area (TPSA) is 27.7 Å². The Hall–Kier alpha value is -0.835. The second-order valence-corrected chi connectivity index (χ2v) is 10.5. The number of fused-ring (bicyclic) bond motifs is 3. The van der Waals surface area contributed by atoms with Crippen molar-refractivity contribution in [1.82, 2.24) is 0 Å². The first-order valence-corrected chi connectivity index (χ1v) is 11.2. The summed E-state index contributed by atoms with van der Waals surface area (Å²) in [5.41, 5.74) is 2.26. The van der Waals surface area contributed by atoms with Crippen molar-refractivity contribution in [2.45, 2.75) is 103 Å². The summed E-state index contributed by atoms with van der Waals surface area (Å²) in [6, 6.07) is 9.00. The number of aryl methyl sites for hydroxylation is 1. The molecule has 154 valence electrons. The van der Waals surface area contributed by atoms with Crippen molar-refractivity contribution in [3.8, 4) is 0 Å². The van der Waals surface area contributed by atoms with Gasteiger partial charge in [-0.15, -0.1) is 0 Å². The third kappa shape index (κ3) is 2.90. The summed E-state index contributed by atoms with van der Waals surface area (Å²) in [6.07, 6.45) is 4.75. The molecule has 0 spiro atoms. The lowest BCUT2D eigenvalue weighted by molar-refractivity contribution is -0.133. The zero-order chi connectivity index (χ0) is 20.3. The second-order valence-electron chi connectivity index (χ2n) is 10.5. The van der Waals surface area contributed by atoms with E-state index in [1.165, 1.54) is 11.1 Å². The summed E-state index contributed by atoms with van der Waals surface area (Å²) >= 11 is 0. The fourth-order valence-electron chi connectivity index (χ4n) is 5.73. The van der Waals surface area contributed by atoms with Crippen molar-refractivity contribution < 1.29 is 14.0 Å². The minimum absolute atomic E-state index is 0.145. The molecule has 0 N–H and O–H groups in total. The molecular formula is C24H37BO3. The molecule has 2 fully saturated rings. The summed E-state index contributed by atoms with van der Waals surface area (Å²) in [4.78, 5) is 0. The molecule has 4 atom stereocenters. The van der Waals surface area contributed by atoms with E-state index in [1.807, 2.05) is 0 Å². The fourth-order valence-corrected chi connectivity index (χ4v) is 5.73. The molecule has 28 heavy (non-hydrogen) atoms. The van der Waals surface area contributed by atoms with Gasteiger partial charge in [-0.2, -0.15) is 0 Å². The van der Waals surface area contributed by atoms with Crippen molar-refractivity contribution in [3.05, 3.63) is 35.4 Å². The van der Waals surface area contributed by atoms with E-state index in [2.05, 4.69) is 72.7 Å². The quantitative estimate of drug-likeness (QED) is 0.659. The molecule has 0 bridgehead atoms. The standard InChI is InChI=1S/C24H37BO3/c1-8-18-15-24(25-27-22(4,5)23(6,7)28-25)19-12-10-9-11-17(19)13-14-20(24)21(26-18)16(2)3/h9-12,16,18,20-21H,8,13-15H2,1-7H3/t18-,20+,21+,24+/m1/s1. The van der Waals surface area contributed by atoms with Crippen molar-refractivity contribution in [1.29, 1.82) is 0 Å². The lowest BCUT2D eigenvalue weighted by Gasteiger charge is -2.55. The van der Waals surface area contributed by atoms with E-state index in [0.717, 1.165) is 25.7 Å². The van der Waals surface area contributed by atoms with Gasteiger partial charge < -0.3 is 14.0 Å². The average molecular weight is 384 g/mol. The van der Waals surface area contributed by atoms with E-state index in [4.69, 9.17) is 14.0 Å². The minimum Gasteiger partial charge on any atom is -0.403 e. The summed E-state index contributed by atoms with van der Waals surface area (Å²) in [7, 11) is -0.233. The first-order valence-electron chi connectivity index (χ1n) is 11.2. The van der Waals surface area contributed by atoms with Crippen LogP contribution in [0.4, 0.5) is 0 Å². The van der Waals surface area contributed by atoms with Gasteiger partial charge in [0.1, 0.15) is 0 Å². The SMILES string of the molecule is CC[C@@H]1C[C@]2(B3OC(C)(C)C(C)(C)O3)c3ccccc3CC[C@H]2[C@H](C(C)C)O1.